The Kier molecular flexibility index (Phi) is 6.19. The Labute approximate surface area is 115 Å². The van der Waals surface area contributed by atoms with Gasteiger partial charge in [0.15, 0.2) is 0 Å². The number of anilines is 1. The van der Waals surface area contributed by atoms with Crippen LogP contribution >= 0.6 is 0 Å². The van der Waals surface area contributed by atoms with E-state index in [1.54, 1.807) is 0 Å². The van der Waals surface area contributed by atoms with Gasteiger partial charge >= 0.3 is 6.03 Å². The van der Waals surface area contributed by atoms with Crippen LogP contribution < -0.4 is 15.4 Å². The van der Waals surface area contributed by atoms with Crippen molar-refractivity contribution in [1.82, 2.24) is 5.32 Å². The van der Waals surface area contributed by atoms with Gasteiger partial charge in [-0.05, 0) is 37.8 Å². The van der Waals surface area contributed by atoms with Crippen LogP contribution in [0.5, 0.6) is 5.75 Å². The lowest BCUT2D eigenvalue weighted by Gasteiger charge is -2.11. The summed E-state index contributed by atoms with van der Waals surface area (Å²) in [5.41, 5.74) is 1.81. The molecule has 1 aromatic carbocycles. The SMILES string of the molecule is CCOc1cc(NC(=O)NCCC(C)C)ccc1C. The number of hydrogen-bond acceptors (Lipinski definition) is 2. The molecule has 106 valence electrons. The second-order valence-corrected chi connectivity index (χ2v) is 4.98. The van der Waals surface area contributed by atoms with E-state index in [1.807, 2.05) is 32.0 Å². The van der Waals surface area contributed by atoms with E-state index in [4.69, 9.17) is 4.74 Å². The lowest BCUT2D eigenvalue weighted by molar-refractivity contribution is 0.251. The Morgan fingerprint density at radius 3 is 2.74 bits per heavy atom. The highest BCUT2D eigenvalue weighted by Gasteiger charge is 2.05. The molecule has 0 fully saturated rings. The normalized spacial score (nSPS) is 10.4. The van der Waals surface area contributed by atoms with Gasteiger partial charge in [0, 0.05) is 18.3 Å². The zero-order valence-corrected chi connectivity index (χ0v) is 12.2. The molecule has 0 atom stereocenters. The van der Waals surface area contributed by atoms with E-state index >= 15 is 0 Å². The maximum Gasteiger partial charge on any atom is 0.319 e. The number of urea groups is 1. The zero-order valence-electron chi connectivity index (χ0n) is 12.2. The van der Waals surface area contributed by atoms with Crippen molar-refractivity contribution < 1.29 is 9.53 Å². The monoisotopic (exact) mass is 264 g/mol. The van der Waals surface area contributed by atoms with Crippen LogP contribution in [-0.2, 0) is 0 Å². The average Bonchev–Trinajstić information content (AvgIpc) is 2.33. The average molecular weight is 264 g/mol. The Morgan fingerprint density at radius 2 is 2.11 bits per heavy atom. The molecule has 19 heavy (non-hydrogen) atoms. The van der Waals surface area contributed by atoms with Gasteiger partial charge in [-0.2, -0.15) is 0 Å². The molecular weight excluding hydrogens is 240 g/mol. The van der Waals surface area contributed by atoms with Crippen LogP contribution in [0.2, 0.25) is 0 Å². The van der Waals surface area contributed by atoms with Gasteiger partial charge in [-0.1, -0.05) is 19.9 Å². The van der Waals surface area contributed by atoms with E-state index in [9.17, 15) is 4.79 Å². The van der Waals surface area contributed by atoms with Crippen LogP contribution in [0.15, 0.2) is 18.2 Å². The maximum absolute atomic E-state index is 11.7. The molecule has 0 heterocycles. The Balaban J connectivity index is 2.52. The van der Waals surface area contributed by atoms with Crippen LogP contribution in [0.1, 0.15) is 32.8 Å². The minimum atomic E-state index is -0.174. The number of aryl methyl sites for hydroxylation is 1. The maximum atomic E-state index is 11.7. The molecule has 0 radical (unpaired) electrons. The van der Waals surface area contributed by atoms with Gasteiger partial charge in [-0.15, -0.1) is 0 Å². The van der Waals surface area contributed by atoms with E-state index in [0.29, 0.717) is 19.1 Å². The predicted molar refractivity (Wildman–Crippen MR) is 78.8 cm³/mol. The lowest BCUT2D eigenvalue weighted by Crippen LogP contribution is -2.30. The topological polar surface area (TPSA) is 50.4 Å². The van der Waals surface area contributed by atoms with Crippen LogP contribution in [0.3, 0.4) is 0 Å². The van der Waals surface area contributed by atoms with Gasteiger partial charge in [-0.3, -0.25) is 0 Å². The molecule has 0 bridgehead atoms. The molecule has 4 heteroatoms. The Bertz CT molecular complexity index is 417. The molecule has 2 amide bonds. The molecule has 1 rings (SSSR count). The molecular formula is C15H24N2O2. The summed E-state index contributed by atoms with van der Waals surface area (Å²) in [4.78, 5) is 11.7. The third kappa shape index (κ3) is 5.64. The zero-order chi connectivity index (χ0) is 14.3. The first-order valence-electron chi connectivity index (χ1n) is 6.81. The standard InChI is InChI=1S/C15H24N2O2/c1-5-19-14-10-13(7-6-12(14)4)17-15(18)16-9-8-11(2)3/h6-7,10-11H,5,8-9H2,1-4H3,(H2,16,17,18). The number of rotatable bonds is 6. The molecule has 0 saturated heterocycles. The van der Waals surface area contributed by atoms with Gasteiger partial charge in [0.1, 0.15) is 5.75 Å². The third-order valence-electron chi connectivity index (χ3n) is 2.75. The smallest absolute Gasteiger partial charge is 0.319 e. The summed E-state index contributed by atoms with van der Waals surface area (Å²) in [6.07, 6.45) is 0.978. The first-order valence-corrected chi connectivity index (χ1v) is 6.81. The van der Waals surface area contributed by atoms with Gasteiger partial charge in [-0.25, -0.2) is 4.79 Å². The van der Waals surface area contributed by atoms with Crippen molar-refractivity contribution in [3.63, 3.8) is 0 Å². The summed E-state index contributed by atoms with van der Waals surface area (Å²) >= 11 is 0. The highest BCUT2D eigenvalue weighted by molar-refractivity contribution is 5.89. The first-order chi connectivity index (χ1) is 9.02. The van der Waals surface area contributed by atoms with E-state index in [1.165, 1.54) is 0 Å². The van der Waals surface area contributed by atoms with Crippen molar-refractivity contribution in [3.05, 3.63) is 23.8 Å². The minimum Gasteiger partial charge on any atom is -0.494 e. The van der Waals surface area contributed by atoms with Crippen molar-refractivity contribution in [2.75, 3.05) is 18.5 Å². The van der Waals surface area contributed by atoms with E-state index in [0.717, 1.165) is 23.4 Å². The molecule has 0 unspecified atom stereocenters. The summed E-state index contributed by atoms with van der Waals surface area (Å²) in [5, 5.41) is 5.65. The summed E-state index contributed by atoms with van der Waals surface area (Å²) in [6.45, 7) is 9.50. The van der Waals surface area contributed by atoms with Crippen molar-refractivity contribution in [1.29, 1.82) is 0 Å². The fourth-order valence-corrected chi connectivity index (χ4v) is 1.64. The quantitative estimate of drug-likeness (QED) is 0.825. The molecule has 0 aliphatic carbocycles. The molecule has 4 nitrogen and oxygen atoms in total. The minimum absolute atomic E-state index is 0.174. The number of nitrogens with one attached hydrogen (secondary N) is 2. The number of ether oxygens (including phenoxy) is 1. The van der Waals surface area contributed by atoms with Crippen LogP contribution in [0, 0.1) is 12.8 Å². The van der Waals surface area contributed by atoms with Gasteiger partial charge in [0.05, 0.1) is 6.61 Å². The van der Waals surface area contributed by atoms with Crippen molar-refractivity contribution in [2.24, 2.45) is 5.92 Å². The van der Waals surface area contributed by atoms with Crippen LogP contribution in [0.4, 0.5) is 10.5 Å². The molecule has 1 aromatic rings. The second kappa shape index (κ2) is 7.67. The van der Waals surface area contributed by atoms with Crippen molar-refractivity contribution >= 4 is 11.7 Å². The highest BCUT2D eigenvalue weighted by atomic mass is 16.5. The predicted octanol–water partition coefficient (Wildman–Crippen LogP) is 3.56. The van der Waals surface area contributed by atoms with Gasteiger partial charge in [0.2, 0.25) is 0 Å². The molecule has 0 aromatic heterocycles. The lowest BCUT2D eigenvalue weighted by atomic mass is 10.1. The molecule has 0 spiro atoms. The molecule has 0 saturated carbocycles. The number of carbonyl (C=O) groups is 1. The first kappa shape index (κ1) is 15.3. The highest BCUT2D eigenvalue weighted by Crippen LogP contribution is 2.22. The molecule has 0 aliphatic heterocycles. The van der Waals surface area contributed by atoms with E-state index in [2.05, 4.69) is 24.5 Å². The third-order valence-corrected chi connectivity index (χ3v) is 2.75. The Morgan fingerprint density at radius 1 is 1.37 bits per heavy atom. The van der Waals surface area contributed by atoms with Crippen molar-refractivity contribution in [2.45, 2.75) is 34.1 Å². The van der Waals surface area contributed by atoms with Crippen LogP contribution in [0.25, 0.3) is 0 Å². The number of benzene rings is 1. The fourth-order valence-electron chi connectivity index (χ4n) is 1.64. The number of hydrogen-bond donors (Lipinski definition) is 2. The molecule has 0 aliphatic rings. The summed E-state index contributed by atoms with van der Waals surface area (Å²) in [6, 6.07) is 5.49. The van der Waals surface area contributed by atoms with E-state index < -0.39 is 0 Å². The largest absolute Gasteiger partial charge is 0.494 e. The number of carbonyl (C=O) groups excluding carboxylic acids is 1. The van der Waals surface area contributed by atoms with Crippen molar-refractivity contribution in [3.8, 4) is 5.75 Å². The molecule has 2 N–H and O–H groups in total. The summed E-state index contributed by atoms with van der Waals surface area (Å²) in [7, 11) is 0. The fraction of sp³-hybridized carbons (Fsp3) is 0.533. The summed E-state index contributed by atoms with van der Waals surface area (Å²) < 4.78 is 5.50. The Hall–Kier alpha value is -1.71. The number of amides is 2. The van der Waals surface area contributed by atoms with Gasteiger partial charge in [0.25, 0.3) is 0 Å². The summed E-state index contributed by atoms with van der Waals surface area (Å²) in [5.74, 6) is 1.40. The second-order valence-electron chi connectivity index (χ2n) is 4.98. The van der Waals surface area contributed by atoms with Gasteiger partial charge < -0.3 is 15.4 Å². The van der Waals surface area contributed by atoms with E-state index in [-0.39, 0.29) is 6.03 Å². The van der Waals surface area contributed by atoms with Crippen LogP contribution in [-0.4, -0.2) is 19.2 Å².